The summed E-state index contributed by atoms with van der Waals surface area (Å²) in [7, 11) is 0. The van der Waals surface area contributed by atoms with Crippen molar-refractivity contribution in [3.8, 4) is 0 Å². The third-order valence-electron chi connectivity index (χ3n) is 3.42. The van der Waals surface area contributed by atoms with E-state index in [-0.39, 0.29) is 5.41 Å². The monoisotopic (exact) mass is 233 g/mol. The third-order valence-corrected chi connectivity index (χ3v) is 4.06. The Hall–Kier alpha value is 0.270. The molecule has 0 aromatic rings. The molecule has 0 spiro atoms. The van der Waals surface area contributed by atoms with E-state index in [2.05, 4.69) is 32.3 Å². The van der Waals surface area contributed by atoms with Crippen molar-refractivity contribution >= 4 is 11.8 Å². The standard InChI is InChI=1S/C12H27NOS/c1-5-12(6-2,10-14)9-13-11(3)7-8-15-4/h11,13-14H,5-10H2,1-4H3. The molecular formula is C12H27NOS. The summed E-state index contributed by atoms with van der Waals surface area (Å²) in [6.45, 7) is 7.78. The fourth-order valence-corrected chi connectivity index (χ4v) is 2.16. The molecule has 0 fully saturated rings. The van der Waals surface area contributed by atoms with E-state index >= 15 is 0 Å². The molecule has 0 bridgehead atoms. The summed E-state index contributed by atoms with van der Waals surface area (Å²) in [5.41, 5.74) is 0.0909. The molecule has 0 aromatic carbocycles. The number of aliphatic hydroxyl groups is 1. The van der Waals surface area contributed by atoms with E-state index in [4.69, 9.17) is 0 Å². The molecule has 15 heavy (non-hydrogen) atoms. The minimum Gasteiger partial charge on any atom is -0.396 e. The largest absolute Gasteiger partial charge is 0.396 e. The summed E-state index contributed by atoms with van der Waals surface area (Å²) in [5, 5.41) is 13.0. The van der Waals surface area contributed by atoms with Crippen molar-refractivity contribution in [3.05, 3.63) is 0 Å². The Morgan fingerprint density at radius 3 is 2.33 bits per heavy atom. The van der Waals surface area contributed by atoms with Gasteiger partial charge in [0.15, 0.2) is 0 Å². The quantitative estimate of drug-likeness (QED) is 0.642. The van der Waals surface area contributed by atoms with Crippen LogP contribution in [0, 0.1) is 5.41 Å². The fraction of sp³-hybridized carbons (Fsp3) is 1.00. The molecule has 0 saturated carbocycles. The van der Waals surface area contributed by atoms with Crippen LogP contribution >= 0.6 is 11.8 Å². The van der Waals surface area contributed by atoms with Crippen LogP contribution < -0.4 is 5.32 Å². The van der Waals surface area contributed by atoms with Crippen molar-refractivity contribution in [2.75, 3.05) is 25.2 Å². The predicted molar refractivity (Wildman–Crippen MR) is 70.6 cm³/mol. The molecule has 0 saturated heterocycles. The van der Waals surface area contributed by atoms with Gasteiger partial charge in [0.05, 0.1) is 0 Å². The molecule has 0 heterocycles. The molecule has 0 radical (unpaired) electrons. The fourth-order valence-electron chi connectivity index (χ4n) is 1.57. The molecule has 0 amide bonds. The Bertz CT molecular complexity index is 140. The van der Waals surface area contributed by atoms with E-state index in [0.29, 0.717) is 12.6 Å². The second kappa shape index (κ2) is 8.43. The lowest BCUT2D eigenvalue weighted by Gasteiger charge is -2.31. The zero-order chi connectivity index (χ0) is 11.7. The van der Waals surface area contributed by atoms with Gasteiger partial charge in [0, 0.05) is 24.6 Å². The van der Waals surface area contributed by atoms with Gasteiger partial charge in [-0.05, 0) is 38.2 Å². The number of thioether (sulfide) groups is 1. The van der Waals surface area contributed by atoms with Crippen LogP contribution in [-0.2, 0) is 0 Å². The summed E-state index contributed by atoms with van der Waals surface area (Å²) >= 11 is 1.89. The van der Waals surface area contributed by atoms with Crippen molar-refractivity contribution in [2.24, 2.45) is 5.41 Å². The van der Waals surface area contributed by atoms with E-state index in [9.17, 15) is 5.11 Å². The molecule has 0 aliphatic heterocycles. The van der Waals surface area contributed by atoms with E-state index < -0.39 is 0 Å². The van der Waals surface area contributed by atoms with Gasteiger partial charge in [-0.3, -0.25) is 0 Å². The maximum absolute atomic E-state index is 9.42. The van der Waals surface area contributed by atoms with Crippen LogP contribution in [0.4, 0.5) is 0 Å². The van der Waals surface area contributed by atoms with Crippen molar-refractivity contribution in [2.45, 2.75) is 46.1 Å². The highest BCUT2D eigenvalue weighted by atomic mass is 32.2. The second-order valence-electron chi connectivity index (χ2n) is 4.43. The highest BCUT2D eigenvalue weighted by molar-refractivity contribution is 7.98. The van der Waals surface area contributed by atoms with Crippen LogP contribution in [0.15, 0.2) is 0 Å². The zero-order valence-corrected chi connectivity index (χ0v) is 11.5. The SMILES string of the molecule is CCC(CC)(CO)CNC(C)CCSC. The van der Waals surface area contributed by atoms with Crippen molar-refractivity contribution in [3.63, 3.8) is 0 Å². The molecule has 1 unspecified atom stereocenters. The predicted octanol–water partition coefficient (Wildman–Crippen LogP) is 2.52. The summed E-state index contributed by atoms with van der Waals surface area (Å²) in [6, 6.07) is 0.557. The molecular weight excluding hydrogens is 206 g/mol. The van der Waals surface area contributed by atoms with Crippen LogP contribution in [-0.4, -0.2) is 36.3 Å². The lowest BCUT2D eigenvalue weighted by Crippen LogP contribution is -2.40. The van der Waals surface area contributed by atoms with Crippen LogP contribution in [0.1, 0.15) is 40.0 Å². The Kier molecular flexibility index (Phi) is 8.58. The van der Waals surface area contributed by atoms with Gasteiger partial charge in [-0.1, -0.05) is 13.8 Å². The van der Waals surface area contributed by atoms with E-state index in [1.165, 1.54) is 12.2 Å². The average molecular weight is 233 g/mol. The van der Waals surface area contributed by atoms with Crippen LogP contribution in [0.3, 0.4) is 0 Å². The first-order valence-corrected chi connectivity index (χ1v) is 7.36. The van der Waals surface area contributed by atoms with E-state index in [0.717, 1.165) is 19.4 Å². The van der Waals surface area contributed by atoms with Crippen molar-refractivity contribution < 1.29 is 5.11 Å². The first-order chi connectivity index (χ1) is 7.14. The van der Waals surface area contributed by atoms with Gasteiger partial charge < -0.3 is 10.4 Å². The third kappa shape index (κ3) is 5.79. The van der Waals surface area contributed by atoms with Crippen molar-refractivity contribution in [1.82, 2.24) is 5.32 Å². The molecule has 2 nitrogen and oxygen atoms in total. The highest BCUT2D eigenvalue weighted by Crippen LogP contribution is 2.24. The summed E-state index contributed by atoms with van der Waals surface area (Å²) in [4.78, 5) is 0. The Balaban J connectivity index is 3.88. The number of nitrogens with one attached hydrogen (secondary N) is 1. The van der Waals surface area contributed by atoms with Gasteiger partial charge in [0.2, 0.25) is 0 Å². The number of hydrogen-bond acceptors (Lipinski definition) is 3. The van der Waals surface area contributed by atoms with Gasteiger partial charge in [-0.15, -0.1) is 0 Å². The van der Waals surface area contributed by atoms with Crippen LogP contribution in [0.2, 0.25) is 0 Å². The Morgan fingerprint density at radius 1 is 1.33 bits per heavy atom. The Labute approximate surface area is 99.2 Å². The molecule has 3 heteroatoms. The van der Waals surface area contributed by atoms with Gasteiger partial charge in [-0.25, -0.2) is 0 Å². The topological polar surface area (TPSA) is 32.3 Å². The number of hydrogen-bond donors (Lipinski definition) is 2. The van der Waals surface area contributed by atoms with Crippen LogP contribution in [0.5, 0.6) is 0 Å². The van der Waals surface area contributed by atoms with Gasteiger partial charge in [0.25, 0.3) is 0 Å². The lowest BCUT2D eigenvalue weighted by atomic mass is 9.83. The van der Waals surface area contributed by atoms with Gasteiger partial charge in [-0.2, -0.15) is 11.8 Å². The van der Waals surface area contributed by atoms with E-state index in [1.807, 2.05) is 11.8 Å². The average Bonchev–Trinajstić information content (AvgIpc) is 2.29. The first kappa shape index (κ1) is 15.3. The Morgan fingerprint density at radius 2 is 1.93 bits per heavy atom. The molecule has 1 atom stereocenters. The number of rotatable bonds is 9. The molecule has 0 aliphatic rings. The number of aliphatic hydroxyl groups excluding tert-OH is 1. The molecule has 0 aromatic heterocycles. The minimum absolute atomic E-state index is 0.0909. The maximum atomic E-state index is 9.42. The summed E-state index contributed by atoms with van der Waals surface area (Å²) in [5.74, 6) is 1.21. The second-order valence-corrected chi connectivity index (χ2v) is 5.41. The van der Waals surface area contributed by atoms with E-state index in [1.54, 1.807) is 0 Å². The van der Waals surface area contributed by atoms with Crippen molar-refractivity contribution in [1.29, 1.82) is 0 Å². The maximum Gasteiger partial charge on any atom is 0.0499 e. The normalized spacial score (nSPS) is 14.2. The summed E-state index contributed by atoms with van der Waals surface area (Å²) < 4.78 is 0. The molecule has 0 rings (SSSR count). The highest BCUT2D eigenvalue weighted by Gasteiger charge is 2.25. The summed E-state index contributed by atoms with van der Waals surface area (Å²) in [6.07, 6.45) is 5.43. The van der Waals surface area contributed by atoms with Gasteiger partial charge >= 0.3 is 0 Å². The van der Waals surface area contributed by atoms with Gasteiger partial charge in [0.1, 0.15) is 0 Å². The molecule has 92 valence electrons. The lowest BCUT2D eigenvalue weighted by molar-refractivity contribution is 0.110. The minimum atomic E-state index is 0.0909. The first-order valence-electron chi connectivity index (χ1n) is 5.97. The molecule has 2 N–H and O–H groups in total. The zero-order valence-electron chi connectivity index (χ0n) is 10.7. The van der Waals surface area contributed by atoms with Crippen LogP contribution in [0.25, 0.3) is 0 Å². The smallest absolute Gasteiger partial charge is 0.0499 e. The molecule has 0 aliphatic carbocycles.